The minimum Gasteiger partial charge on any atom is -0.508 e. The molecule has 0 saturated carbocycles. The Morgan fingerprint density at radius 2 is 1.71 bits per heavy atom. The van der Waals surface area contributed by atoms with E-state index in [-0.39, 0.29) is 26.8 Å². The van der Waals surface area contributed by atoms with Gasteiger partial charge < -0.3 is 19.3 Å². The number of phenols is 1. The molecule has 0 bridgehead atoms. The zero-order chi connectivity index (χ0) is 25.9. The molecule has 1 aliphatic rings. The van der Waals surface area contributed by atoms with Crippen molar-refractivity contribution in [2.45, 2.75) is 46.0 Å². The molecule has 1 aliphatic heterocycles. The van der Waals surface area contributed by atoms with Crippen molar-refractivity contribution in [1.82, 2.24) is 9.88 Å². The molecule has 1 N–H and O–H groups in total. The second kappa shape index (κ2) is 12.0. The standard InChI is InChI=1S/C32H33N3O2.Pt/c1-22(2)26-16-27(23(3)4)18-28(17-26)25-10-11-31(36)30(19-25)35-15-14-34(21-35)13-12-29-20-37-32(33-29)24-8-6-5-7-9-24;/h5-8,10-11,14-23,36H,12-13H2,1-4H3;/q-2;+2. The predicted octanol–water partition coefficient (Wildman–Crippen LogP) is 7.71. The molecule has 6 heteroatoms. The summed E-state index contributed by atoms with van der Waals surface area (Å²) in [5.74, 6) is 1.73. The molecule has 0 saturated heterocycles. The molecule has 38 heavy (non-hydrogen) atoms. The van der Waals surface area contributed by atoms with E-state index in [0.717, 1.165) is 35.5 Å². The van der Waals surface area contributed by atoms with Crippen molar-refractivity contribution in [2.24, 2.45) is 0 Å². The molecule has 5 rings (SSSR count). The van der Waals surface area contributed by atoms with Crippen molar-refractivity contribution in [3.8, 4) is 28.3 Å². The van der Waals surface area contributed by atoms with Gasteiger partial charge in [0.25, 0.3) is 0 Å². The molecule has 0 radical (unpaired) electrons. The molecular weight excluding hydrogens is 653 g/mol. The van der Waals surface area contributed by atoms with Gasteiger partial charge in [-0.3, -0.25) is 4.98 Å². The third kappa shape index (κ3) is 6.22. The molecule has 0 unspecified atom stereocenters. The van der Waals surface area contributed by atoms with Crippen LogP contribution in [0.3, 0.4) is 0 Å². The maximum absolute atomic E-state index is 10.7. The van der Waals surface area contributed by atoms with Gasteiger partial charge in [0.15, 0.2) is 0 Å². The molecule has 5 nitrogen and oxygen atoms in total. The van der Waals surface area contributed by atoms with Gasteiger partial charge in [-0.15, -0.1) is 30.3 Å². The second-order valence-corrected chi connectivity index (χ2v) is 10.1. The molecule has 2 heterocycles. The van der Waals surface area contributed by atoms with Crippen molar-refractivity contribution in [3.05, 3.63) is 109 Å². The topological polar surface area (TPSA) is 52.7 Å². The summed E-state index contributed by atoms with van der Waals surface area (Å²) in [6, 6.07) is 23.5. The Labute approximate surface area is 240 Å². The number of aromatic hydroxyl groups is 1. The SMILES string of the molecule is CC(C)c1cc(-c2ccc(O)c(N3C=CN(CCc4coc(-c5[c-]cccc5)n4)[CH-]3)c2)cc(C(C)C)c1.[Pt+2]. The fraction of sp³-hybridized carbons (Fsp3) is 0.250. The summed E-state index contributed by atoms with van der Waals surface area (Å²) in [5, 5.41) is 10.7. The fourth-order valence-electron chi connectivity index (χ4n) is 4.40. The van der Waals surface area contributed by atoms with Crippen molar-refractivity contribution < 1.29 is 30.6 Å². The van der Waals surface area contributed by atoms with Crippen LogP contribution >= 0.6 is 0 Å². The van der Waals surface area contributed by atoms with Crippen LogP contribution < -0.4 is 4.90 Å². The van der Waals surface area contributed by atoms with Gasteiger partial charge in [0.1, 0.15) is 17.9 Å². The van der Waals surface area contributed by atoms with Gasteiger partial charge in [0.05, 0.1) is 11.4 Å². The molecule has 0 atom stereocenters. The van der Waals surface area contributed by atoms with E-state index in [9.17, 15) is 5.11 Å². The first-order valence-corrected chi connectivity index (χ1v) is 12.8. The van der Waals surface area contributed by atoms with Gasteiger partial charge >= 0.3 is 21.1 Å². The quantitative estimate of drug-likeness (QED) is 0.193. The van der Waals surface area contributed by atoms with E-state index in [1.54, 1.807) is 12.3 Å². The summed E-state index contributed by atoms with van der Waals surface area (Å²) in [4.78, 5) is 8.65. The van der Waals surface area contributed by atoms with Gasteiger partial charge in [-0.05, 0) is 65.2 Å². The molecule has 3 aromatic carbocycles. The van der Waals surface area contributed by atoms with Gasteiger partial charge in [0.2, 0.25) is 0 Å². The van der Waals surface area contributed by atoms with E-state index >= 15 is 0 Å². The molecule has 0 amide bonds. The first-order valence-electron chi connectivity index (χ1n) is 12.8. The maximum atomic E-state index is 10.7. The third-order valence-electron chi connectivity index (χ3n) is 6.71. The zero-order valence-electron chi connectivity index (χ0n) is 22.2. The Morgan fingerprint density at radius 1 is 0.947 bits per heavy atom. The van der Waals surface area contributed by atoms with Gasteiger partial charge in [-0.2, -0.15) is 6.67 Å². The summed E-state index contributed by atoms with van der Waals surface area (Å²) in [5.41, 5.74) is 7.41. The smallest absolute Gasteiger partial charge is 0.508 e. The summed E-state index contributed by atoms with van der Waals surface area (Å²) >= 11 is 0. The van der Waals surface area contributed by atoms with Crippen molar-refractivity contribution in [3.63, 3.8) is 0 Å². The largest absolute Gasteiger partial charge is 2.00 e. The third-order valence-corrected chi connectivity index (χ3v) is 6.71. The van der Waals surface area contributed by atoms with Crippen LogP contribution in [0.1, 0.15) is 56.4 Å². The molecule has 0 aliphatic carbocycles. The minimum absolute atomic E-state index is 0. The Hall–Kier alpha value is -3.30. The van der Waals surface area contributed by atoms with Crippen molar-refractivity contribution in [1.29, 1.82) is 0 Å². The Kier molecular flexibility index (Phi) is 8.79. The molecule has 4 aromatic rings. The van der Waals surface area contributed by atoms with E-state index in [2.05, 4.69) is 67.9 Å². The molecule has 0 spiro atoms. The summed E-state index contributed by atoms with van der Waals surface area (Å²) in [6.07, 6.45) is 6.42. The number of aromatic nitrogens is 1. The fourth-order valence-corrected chi connectivity index (χ4v) is 4.40. The molecule has 0 fully saturated rings. The van der Waals surface area contributed by atoms with Gasteiger partial charge in [0, 0.05) is 6.42 Å². The number of hydrogen-bond donors (Lipinski definition) is 1. The predicted molar refractivity (Wildman–Crippen MR) is 149 cm³/mol. The maximum Gasteiger partial charge on any atom is 2.00 e. The van der Waals surface area contributed by atoms with E-state index in [1.165, 1.54) is 16.7 Å². The second-order valence-electron chi connectivity index (χ2n) is 10.1. The Morgan fingerprint density at radius 3 is 2.39 bits per heavy atom. The van der Waals surface area contributed by atoms with Crippen LogP contribution in [0, 0.1) is 12.7 Å². The van der Waals surface area contributed by atoms with E-state index in [4.69, 9.17) is 4.42 Å². The van der Waals surface area contributed by atoms with Crippen LogP contribution in [0.5, 0.6) is 5.75 Å². The number of hydrogen-bond acceptors (Lipinski definition) is 5. The Bertz CT molecular complexity index is 1370. The summed E-state index contributed by atoms with van der Waals surface area (Å²) in [7, 11) is 0. The molecule has 1 aromatic heterocycles. The number of phenolic OH excluding ortho intramolecular Hbond substituents is 1. The first-order chi connectivity index (χ1) is 17.9. The van der Waals surface area contributed by atoms with E-state index < -0.39 is 0 Å². The molecule has 198 valence electrons. The number of nitrogens with zero attached hydrogens (tertiary/aromatic N) is 3. The van der Waals surface area contributed by atoms with Crippen LogP contribution in [-0.4, -0.2) is 21.5 Å². The van der Waals surface area contributed by atoms with E-state index in [1.807, 2.05) is 54.3 Å². The summed E-state index contributed by atoms with van der Waals surface area (Å²) in [6.45, 7) is 11.6. The normalized spacial score (nSPS) is 13.0. The zero-order valence-corrected chi connectivity index (χ0v) is 24.4. The summed E-state index contributed by atoms with van der Waals surface area (Å²) < 4.78 is 5.64. The van der Waals surface area contributed by atoms with Crippen LogP contribution in [0.15, 0.2) is 83.7 Å². The number of oxazole rings is 1. The monoisotopic (exact) mass is 686 g/mol. The average Bonchev–Trinajstić information content (AvgIpc) is 3.58. The Balaban J connectivity index is 0.00000336. The molecular formula is C32H33N3O2Pt. The number of rotatable bonds is 8. The first kappa shape index (κ1) is 27.7. The van der Waals surface area contributed by atoms with Crippen molar-refractivity contribution >= 4 is 5.69 Å². The average molecular weight is 687 g/mol. The van der Waals surface area contributed by atoms with Crippen molar-refractivity contribution in [2.75, 3.05) is 11.4 Å². The number of anilines is 1. The van der Waals surface area contributed by atoms with Gasteiger partial charge in [-0.25, -0.2) is 0 Å². The van der Waals surface area contributed by atoms with Crippen LogP contribution in [0.2, 0.25) is 0 Å². The van der Waals surface area contributed by atoms with Crippen LogP contribution in [0.4, 0.5) is 5.69 Å². The van der Waals surface area contributed by atoms with E-state index in [0.29, 0.717) is 17.7 Å². The van der Waals surface area contributed by atoms with Crippen LogP contribution in [-0.2, 0) is 27.5 Å². The van der Waals surface area contributed by atoms with Crippen LogP contribution in [0.25, 0.3) is 22.6 Å². The van der Waals surface area contributed by atoms with Gasteiger partial charge in [-0.1, -0.05) is 57.5 Å². The number of benzene rings is 3. The minimum atomic E-state index is 0.